The second-order valence-electron chi connectivity index (χ2n) is 5.47. The third-order valence-electron chi connectivity index (χ3n) is 4.15. The Balaban J connectivity index is 1.91. The predicted octanol–water partition coefficient (Wildman–Crippen LogP) is 2.01. The predicted molar refractivity (Wildman–Crippen MR) is 79.5 cm³/mol. The van der Waals surface area contributed by atoms with Crippen molar-refractivity contribution >= 4 is 17.3 Å². The van der Waals surface area contributed by atoms with Crippen LogP contribution in [-0.2, 0) is 11.2 Å². The Kier molecular flexibility index (Phi) is 3.49. The number of hydrogen-bond acceptors (Lipinski definition) is 3. The molecule has 0 spiro atoms. The van der Waals surface area contributed by atoms with Gasteiger partial charge >= 0.3 is 0 Å². The molecule has 0 bridgehead atoms. The lowest BCUT2D eigenvalue weighted by molar-refractivity contribution is -0.120. The largest absolute Gasteiger partial charge is 0.338 e. The topological polar surface area (TPSA) is 54.7 Å². The molecule has 0 radical (unpaired) electrons. The summed E-state index contributed by atoms with van der Waals surface area (Å²) < 4.78 is 1.97. The van der Waals surface area contributed by atoms with Crippen LogP contribution in [-0.4, -0.2) is 39.1 Å². The second kappa shape index (κ2) is 5.31. The highest BCUT2D eigenvalue weighted by Gasteiger charge is 2.22. The van der Waals surface area contributed by atoms with Crippen LogP contribution in [0, 0.1) is 6.92 Å². The number of likely N-dealkylation sites (tertiary alicyclic amines) is 1. The number of carbonyl (C=O) groups is 2. The zero-order valence-corrected chi connectivity index (χ0v) is 12.4. The summed E-state index contributed by atoms with van der Waals surface area (Å²) in [7, 11) is 0. The molecule has 0 saturated carbocycles. The summed E-state index contributed by atoms with van der Waals surface area (Å²) in [6, 6.07) is 3.70. The first-order valence-electron chi connectivity index (χ1n) is 7.38. The van der Waals surface area contributed by atoms with E-state index in [0.717, 1.165) is 23.5 Å². The molecule has 2 aromatic heterocycles. The molecule has 1 aliphatic heterocycles. The van der Waals surface area contributed by atoms with E-state index in [4.69, 9.17) is 0 Å². The quantitative estimate of drug-likeness (QED) is 0.848. The lowest BCUT2D eigenvalue weighted by atomic mass is 10.1. The lowest BCUT2D eigenvalue weighted by Gasteiger charge is -2.26. The Bertz CT molecular complexity index is 708. The Morgan fingerprint density at radius 3 is 2.67 bits per heavy atom. The monoisotopic (exact) mass is 285 g/mol. The Morgan fingerprint density at radius 2 is 2.00 bits per heavy atom. The molecule has 0 unspecified atom stereocenters. The Labute approximate surface area is 123 Å². The van der Waals surface area contributed by atoms with Crippen molar-refractivity contribution in [2.45, 2.75) is 33.1 Å². The number of aryl methyl sites for hydroxylation is 2. The molecule has 1 aliphatic rings. The van der Waals surface area contributed by atoms with Gasteiger partial charge in [-0.1, -0.05) is 6.92 Å². The zero-order valence-electron chi connectivity index (χ0n) is 12.4. The van der Waals surface area contributed by atoms with Gasteiger partial charge in [0.25, 0.3) is 5.91 Å². The van der Waals surface area contributed by atoms with Crippen LogP contribution in [0.1, 0.15) is 41.5 Å². The van der Waals surface area contributed by atoms with E-state index in [-0.39, 0.29) is 11.7 Å². The first kappa shape index (κ1) is 13.8. The molecule has 21 heavy (non-hydrogen) atoms. The van der Waals surface area contributed by atoms with Gasteiger partial charge in [-0.25, -0.2) is 4.98 Å². The number of rotatable bonds is 2. The molecule has 1 saturated heterocycles. The smallest absolute Gasteiger partial charge is 0.255 e. The molecule has 0 aliphatic carbocycles. The highest BCUT2D eigenvalue weighted by atomic mass is 16.2. The van der Waals surface area contributed by atoms with Crippen LogP contribution in [0.15, 0.2) is 18.3 Å². The third-order valence-corrected chi connectivity index (χ3v) is 4.15. The summed E-state index contributed by atoms with van der Waals surface area (Å²) in [6.07, 6.45) is 3.68. The number of nitrogens with zero attached hydrogens (tertiary/aromatic N) is 3. The first-order valence-corrected chi connectivity index (χ1v) is 7.38. The van der Waals surface area contributed by atoms with Crippen molar-refractivity contribution in [1.29, 1.82) is 0 Å². The highest BCUT2D eigenvalue weighted by molar-refractivity contribution is 5.95. The van der Waals surface area contributed by atoms with E-state index in [1.165, 1.54) is 0 Å². The van der Waals surface area contributed by atoms with Gasteiger partial charge in [0, 0.05) is 37.8 Å². The van der Waals surface area contributed by atoms with Crippen LogP contribution in [0.3, 0.4) is 0 Å². The molecule has 0 N–H and O–H groups in total. The van der Waals surface area contributed by atoms with E-state index in [0.29, 0.717) is 31.5 Å². The average molecular weight is 285 g/mol. The van der Waals surface area contributed by atoms with E-state index < -0.39 is 0 Å². The minimum atomic E-state index is -0.00412. The molecular weight excluding hydrogens is 266 g/mol. The van der Waals surface area contributed by atoms with Gasteiger partial charge in [0.1, 0.15) is 11.4 Å². The summed E-state index contributed by atoms with van der Waals surface area (Å²) in [5.41, 5.74) is 3.66. The Hall–Kier alpha value is -2.17. The van der Waals surface area contributed by atoms with Gasteiger partial charge in [-0.2, -0.15) is 0 Å². The minimum Gasteiger partial charge on any atom is -0.338 e. The van der Waals surface area contributed by atoms with Gasteiger partial charge in [0.05, 0.1) is 11.3 Å². The number of piperidine rings is 1. The number of Topliss-reactive ketones (excluding diaryl/α,β-unsaturated/α-hetero) is 1. The van der Waals surface area contributed by atoms with Crippen LogP contribution in [0.4, 0.5) is 0 Å². The fraction of sp³-hybridized carbons (Fsp3) is 0.438. The summed E-state index contributed by atoms with van der Waals surface area (Å²) >= 11 is 0. The summed E-state index contributed by atoms with van der Waals surface area (Å²) in [4.78, 5) is 30.1. The van der Waals surface area contributed by atoms with Crippen molar-refractivity contribution in [1.82, 2.24) is 14.3 Å². The molecule has 2 aromatic rings. The number of fused-ring (bicyclic) bond motifs is 1. The van der Waals surface area contributed by atoms with Crippen molar-refractivity contribution in [3.05, 3.63) is 35.3 Å². The van der Waals surface area contributed by atoms with Crippen LogP contribution < -0.4 is 0 Å². The van der Waals surface area contributed by atoms with E-state index in [1.54, 1.807) is 4.90 Å². The molecule has 0 atom stereocenters. The lowest BCUT2D eigenvalue weighted by Crippen LogP contribution is -2.38. The van der Waals surface area contributed by atoms with Crippen molar-refractivity contribution < 1.29 is 9.59 Å². The van der Waals surface area contributed by atoms with E-state index >= 15 is 0 Å². The molecule has 5 heteroatoms. The van der Waals surface area contributed by atoms with Crippen molar-refractivity contribution in [2.75, 3.05) is 13.1 Å². The van der Waals surface area contributed by atoms with Gasteiger partial charge in [0.15, 0.2) is 0 Å². The van der Waals surface area contributed by atoms with Crippen molar-refractivity contribution in [3.63, 3.8) is 0 Å². The van der Waals surface area contributed by atoms with Gasteiger partial charge in [-0.15, -0.1) is 0 Å². The number of aromatic nitrogens is 2. The minimum absolute atomic E-state index is 0.00412. The normalized spacial score (nSPS) is 15.7. The summed E-state index contributed by atoms with van der Waals surface area (Å²) in [5, 5.41) is 0. The number of imidazole rings is 1. The maximum absolute atomic E-state index is 12.5. The molecule has 3 rings (SSSR count). The van der Waals surface area contributed by atoms with Crippen molar-refractivity contribution in [2.24, 2.45) is 0 Å². The molecular formula is C16H19N3O2. The SMILES string of the molecule is CCc1nc2ccc(C(=O)N3CCC(=O)CC3)cn2c1C. The fourth-order valence-electron chi connectivity index (χ4n) is 2.81. The fourth-order valence-corrected chi connectivity index (χ4v) is 2.81. The van der Waals surface area contributed by atoms with E-state index in [9.17, 15) is 9.59 Å². The number of hydrogen-bond donors (Lipinski definition) is 0. The number of ketones is 1. The maximum Gasteiger partial charge on any atom is 0.255 e. The molecule has 0 aromatic carbocycles. The number of carbonyl (C=O) groups excluding carboxylic acids is 2. The van der Waals surface area contributed by atoms with Gasteiger partial charge in [-0.05, 0) is 25.5 Å². The summed E-state index contributed by atoms with van der Waals surface area (Å²) in [6.45, 7) is 5.15. The number of amides is 1. The van der Waals surface area contributed by atoms with Crippen LogP contribution in [0.5, 0.6) is 0 Å². The summed E-state index contributed by atoms with van der Waals surface area (Å²) in [5.74, 6) is 0.239. The molecule has 110 valence electrons. The van der Waals surface area contributed by atoms with Crippen LogP contribution >= 0.6 is 0 Å². The van der Waals surface area contributed by atoms with Crippen LogP contribution in [0.2, 0.25) is 0 Å². The first-order chi connectivity index (χ1) is 10.1. The molecule has 3 heterocycles. The van der Waals surface area contributed by atoms with Gasteiger partial charge in [0.2, 0.25) is 0 Å². The van der Waals surface area contributed by atoms with E-state index in [1.807, 2.05) is 29.7 Å². The Morgan fingerprint density at radius 1 is 1.29 bits per heavy atom. The maximum atomic E-state index is 12.5. The highest BCUT2D eigenvalue weighted by Crippen LogP contribution is 2.16. The second-order valence-corrected chi connectivity index (χ2v) is 5.47. The number of pyridine rings is 1. The average Bonchev–Trinajstić information content (AvgIpc) is 2.83. The third kappa shape index (κ3) is 2.44. The van der Waals surface area contributed by atoms with E-state index in [2.05, 4.69) is 11.9 Å². The molecule has 1 amide bonds. The molecule has 5 nitrogen and oxygen atoms in total. The molecule has 1 fully saturated rings. The van der Waals surface area contributed by atoms with Crippen LogP contribution in [0.25, 0.3) is 5.65 Å². The standard InChI is InChI=1S/C16H19N3O2/c1-3-14-11(2)19-10-12(4-5-15(19)17-14)16(21)18-8-6-13(20)7-9-18/h4-5,10H,3,6-9H2,1-2H3. The van der Waals surface area contributed by atoms with Gasteiger partial charge in [-0.3, -0.25) is 9.59 Å². The zero-order chi connectivity index (χ0) is 15.0. The van der Waals surface area contributed by atoms with Gasteiger partial charge < -0.3 is 9.30 Å². The van der Waals surface area contributed by atoms with Crippen molar-refractivity contribution in [3.8, 4) is 0 Å².